The lowest BCUT2D eigenvalue weighted by Gasteiger charge is -2.57. The van der Waals surface area contributed by atoms with Crippen molar-refractivity contribution >= 4 is 16.7 Å². The fourth-order valence-corrected chi connectivity index (χ4v) is 7.72. The van der Waals surface area contributed by atoms with Gasteiger partial charge in [0.15, 0.2) is 0 Å². The second-order valence-electron chi connectivity index (χ2n) is 11.3. The van der Waals surface area contributed by atoms with Crippen molar-refractivity contribution in [3.05, 3.63) is 65.7 Å². The Balaban J connectivity index is 1.42. The van der Waals surface area contributed by atoms with Crippen molar-refractivity contribution in [2.75, 3.05) is 20.8 Å². The summed E-state index contributed by atoms with van der Waals surface area (Å²) in [5, 5.41) is 2.34. The van der Waals surface area contributed by atoms with E-state index in [0.29, 0.717) is 12.2 Å². The first-order valence-corrected chi connectivity index (χ1v) is 13.6. The zero-order valence-electron chi connectivity index (χ0n) is 22.0. The summed E-state index contributed by atoms with van der Waals surface area (Å²) in [6.45, 7) is 1.76. The van der Waals surface area contributed by atoms with Gasteiger partial charge in [-0.05, 0) is 121 Å². The normalized spacial score (nSPS) is 26.8. The maximum absolute atomic E-state index is 11.9. The average molecular weight is 501 g/mol. The van der Waals surface area contributed by atoms with E-state index in [1.54, 1.807) is 7.11 Å². The zero-order valence-corrected chi connectivity index (χ0v) is 22.0. The Kier molecular flexibility index (Phi) is 6.46. The van der Waals surface area contributed by atoms with Crippen molar-refractivity contribution in [3.8, 4) is 16.9 Å². The topological polar surface area (TPSA) is 54.0 Å². The molecule has 3 aromatic carbocycles. The largest absolute Gasteiger partial charge is 0.465 e. The molecular formula is C32H36O5. The average Bonchev–Trinajstić information content (AvgIpc) is 2.91. The molecule has 37 heavy (non-hydrogen) atoms. The Bertz CT molecular complexity index is 1260. The summed E-state index contributed by atoms with van der Waals surface area (Å²) in [5.74, 6) is 3.07. The molecule has 0 amide bonds. The maximum Gasteiger partial charge on any atom is 0.337 e. The van der Waals surface area contributed by atoms with Crippen LogP contribution in [-0.2, 0) is 19.6 Å². The van der Waals surface area contributed by atoms with Crippen molar-refractivity contribution in [2.45, 2.75) is 57.3 Å². The lowest BCUT2D eigenvalue weighted by atomic mass is 9.48. The molecule has 0 radical (unpaired) electrons. The molecule has 5 heteroatoms. The number of carbonyl (C=O) groups excluding carboxylic acids is 1. The number of methoxy groups -OCH3 is 2. The molecule has 0 saturated heterocycles. The summed E-state index contributed by atoms with van der Waals surface area (Å²) in [7, 11) is 3.03. The van der Waals surface area contributed by atoms with Gasteiger partial charge < -0.3 is 18.9 Å². The van der Waals surface area contributed by atoms with Gasteiger partial charge in [0, 0.05) is 12.7 Å². The van der Waals surface area contributed by atoms with E-state index in [1.165, 1.54) is 56.6 Å². The number of esters is 1. The van der Waals surface area contributed by atoms with Crippen LogP contribution in [0.1, 0.15) is 61.4 Å². The van der Waals surface area contributed by atoms with Crippen molar-refractivity contribution in [1.82, 2.24) is 0 Å². The predicted octanol–water partition coefficient (Wildman–Crippen LogP) is 7.11. The predicted molar refractivity (Wildman–Crippen MR) is 144 cm³/mol. The van der Waals surface area contributed by atoms with Crippen LogP contribution in [0.4, 0.5) is 0 Å². The first kappa shape index (κ1) is 24.4. The van der Waals surface area contributed by atoms with Crippen LogP contribution in [0.3, 0.4) is 0 Å². The third-order valence-electron chi connectivity index (χ3n) is 8.91. The quantitative estimate of drug-likeness (QED) is 0.244. The van der Waals surface area contributed by atoms with E-state index in [1.807, 2.05) is 31.2 Å². The molecule has 1 unspecified atom stereocenters. The fourth-order valence-electron chi connectivity index (χ4n) is 7.72. The second kappa shape index (κ2) is 9.77. The van der Waals surface area contributed by atoms with Crippen LogP contribution in [0.2, 0.25) is 0 Å². The summed E-state index contributed by atoms with van der Waals surface area (Å²) >= 11 is 0. The van der Waals surface area contributed by atoms with Crippen LogP contribution in [0.15, 0.2) is 54.6 Å². The monoisotopic (exact) mass is 500 g/mol. The van der Waals surface area contributed by atoms with Gasteiger partial charge in [-0.25, -0.2) is 4.79 Å². The summed E-state index contributed by atoms with van der Waals surface area (Å²) in [6.07, 6.45) is 7.95. The summed E-state index contributed by atoms with van der Waals surface area (Å²) in [4.78, 5) is 11.9. The van der Waals surface area contributed by atoms with E-state index in [2.05, 4.69) is 30.3 Å². The van der Waals surface area contributed by atoms with Crippen LogP contribution in [0.5, 0.6) is 5.75 Å². The number of rotatable bonds is 8. The van der Waals surface area contributed by atoms with Gasteiger partial charge in [-0.3, -0.25) is 0 Å². The van der Waals surface area contributed by atoms with E-state index < -0.39 is 6.48 Å². The molecule has 3 aromatic rings. The van der Waals surface area contributed by atoms with Crippen LogP contribution in [0, 0.1) is 17.8 Å². The number of carbonyl (C=O) groups is 1. The third-order valence-corrected chi connectivity index (χ3v) is 8.91. The van der Waals surface area contributed by atoms with Gasteiger partial charge in [-0.1, -0.05) is 24.3 Å². The second-order valence-corrected chi connectivity index (χ2v) is 11.3. The highest BCUT2D eigenvalue weighted by Gasteiger charge is 2.52. The van der Waals surface area contributed by atoms with E-state index in [4.69, 9.17) is 18.9 Å². The highest BCUT2D eigenvalue weighted by atomic mass is 16.8. The lowest BCUT2D eigenvalue weighted by Crippen LogP contribution is -2.48. The molecule has 4 saturated carbocycles. The Morgan fingerprint density at radius 2 is 1.51 bits per heavy atom. The molecule has 0 heterocycles. The number of hydrogen-bond acceptors (Lipinski definition) is 5. The van der Waals surface area contributed by atoms with Gasteiger partial charge in [0.2, 0.25) is 0 Å². The minimum absolute atomic E-state index is 0.168. The molecule has 0 aliphatic heterocycles. The Hall–Kier alpha value is -2.89. The van der Waals surface area contributed by atoms with E-state index in [9.17, 15) is 4.79 Å². The lowest BCUT2D eigenvalue weighted by molar-refractivity contribution is -0.231. The molecular weight excluding hydrogens is 464 g/mol. The number of hydrogen-bond donors (Lipinski definition) is 0. The van der Waals surface area contributed by atoms with Gasteiger partial charge in [0.05, 0.1) is 19.3 Å². The minimum Gasteiger partial charge on any atom is -0.465 e. The molecule has 0 aromatic heterocycles. The summed E-state index contributed by atoms with van der Waals surface area (Å²) in [6, 6.07) is 18.7. The minimum atomic E-state index is -0.720. The highest BCUT2D eigenvalue weighted by Crippen LogP contribution is 2.62. The van der Waals surface area contributed by atoms with Crippen LogP contribution < -0.4 is 4.74 Å². The molecule has 4 aliphatic rings. The van der Waals surface area contributed by atoms with Gasteiger partial charge >= 0.3 is 12.4 Å². The van der Waals surface area contributed by atoms with Crippen molar-refractivity contribution in [1.29, 1.82) is 0 Å². The Morgan fingerprint density at radius 3 is 2.11 bits per heavy atom. The fraction of sp³-hybridized carbons (Fsp3) is 0.469. The first-order chi connectivity index (χ1) is 18.0. The van der Waals surface area contributed by atoms with Crippen LogP contribution in [-0.4, -0.2) is 33.3 Å². The molecule has 0 spiro atoms. The number of benzene rings is 3. The molecule has 1 atom stereocenters. The van der Waals surface area contributed by atoms with E-state index in [0.717, 1.165) is 40.0 Å². The molecule has 4 fully saturated rings. The highest BCUT2D eigenvalue weighted by molar-refractivity contribution is 5.92. The van der Waals surface area contributed by atoms with E-state index in [-0.39, 0.29) is 11.4 Å². The molecule has 4 bridgehead atoms. The van der Waals surface area contributed by atoms with Crippen molar-refractivity contribution in [2.24, 2.45) is 17.8 Å². The molecule has 194 valence electrons. The van der Waals surface area contributed by atoms with Gasteiger partial charge in [0.1, 0.15) is 5.75 Å². The summed E-state index contributed by atoms with van der Waals surface area (Å²) in [5.41, 5.74) is 4.24. The molecule has 0 N–H and O–H groups in total. The Labute approximate surface area is 219 Å². The zero-order chi connectivity index (χ0) is 25.6. The number of ether oxygens (including phenoxy) is 4. The van der Waals surface area contributed by atoms with Crippen LogP contribution >= 0.6 is 0 Å². The molecule has 4 aliphatic carbocycles. The third kappa shape index (κ3) is 4.53. The van der Waals surface area contributed by atoms with Crippen LogP contribution in [0.25, 0.3) is 21.9 Å². The Morgan fingerprint density at radius 1 is 0.865 bits per heavy atom. The summed E-state index contributed by atoms with van der Waals surface area (Å²) < 4.78 is 22.5. The standard InChI is InChI=1S/C32H36O5/c1-4-36-31(35-3)37-29-16-26-10-9-25(23-5-7-24(8-6-23)30(33)34-2)14-27(26)15-28(29)32-17-20-11-21(18-32)13-22(12-20)19-32/h5-10,14-16,20-22,31H,4,11-13,17-19H2,1-3H3. The number of fused-ring (bicyclic) bond motifs is 1. The molecule has 5 nitrogen and oxygen atoms in total. The SMILES string of the molecule is CCOC(OC)Oc1cc2ccc(-c3ccc(C(=O)OC)cc3)cc2cc1C12CC3CC(CC(C3)C1)C2. The maximum atomic E-state index is 11.9. The van der Waals surface area contributed by atoms with Gasteiger partial charge in [0.25, 0.3) is 0 Å². The smallest absolute Gasteiger partial charge is 0.337 e. The first-order valence-electron chi connectivity index (χ1n) is 13.6. The van der Waals surface area contributed by atoms with Crippen molar-refractivity contribution < 1.29 is 23.7 Å². The van der Waals surface area contributed by atoms with Gasteiger partial charge in [-0.15, -0.1) is 0 Å². The van der Waals surface area contributed by atoms with Crippen molar-refractivity contribution in [3.63, 3.8) is 0 Å². The molecule has 7 rings (SSSR count). The van der Waals surface area contributed by atoms with Gasteiger partial charge in [-0.2, -0.15) is 0 Å². The van der Waals surface area contributed by atoms with E-state index >= 15 is 0 Å².